The molecule has 2 fully saturated rings. The van der Waals surface area contributed by atoms with Gasteiger partial charge in [-0.2, -0.15) is 0 Å². The number of rotatable bonds is 6. The highest BCUT2D eigenvalue weighted by molar-refractivity contribution is 5.93. The van der Waals surface area contributed by atoms with E-state index in [1.54, 1.807) is 11.1 Å². The molecule has 3 atom stereocenters. The Morgan fingerprint density at radius 3 is 1.75 bits per heavy atom. The third kappa shape index (κ3) is 4.75. The second-order valence-electron chi connectivity index (χ2n) is 17.8. The zero-order chi connectivity index (χ0) is 36.2. The lowest BCUT2D eigenvalue weighted by molar-refractivity contribution is 0.327. The van der Waals surface area contributed by atoms with E-state index in [4.69, 9.17) is 0 Å². The van der Waals surface area contributed by atoms with Gasteiger partial charge in [-0.3, -0.25) is 0 Å². The number of benzene rings is 6. The van der Waals surface area contributed by atoms with Crippen molar-refractivity contribution in [2.75, 3.05) is 4.90 Å². The fourth-order valence-electron chi connectivity index (χ4n) is 11.2. The lowest BCUT2D eigenvalue weighted by Gasteiger charge is -2.37. The van der Waals surface area contributed by atoms with E-state index in [1.165, 1.54) is 98.4 Å². The summed E-state index contributed by atoms with van der Waals surface area (Å²) in [5, 5.41) is 0. The zero-order valence-corrected chi connectivity index (χ0v) is 32.2. The highest BCUT2D eigenvalue weighted by Gasteiger charge is 2.56. The first-order chi connectivity index (χ1) is 25.6. The molecule has 264 valence electrons. The van der Waals surface area contributed by atoms with Crippen LogP contribution in [0.15, 0.2) is 127 Å². The van der Waals surface area contributed by atoms with Gasteiger partial charge >= 0.3 is 0 Å². The number of nitrogens with zero attached hydrogens (tertiary/aromatic N) is 1. The van der Waals surface area contributed by atoms with E-state index in [9.17, 15) is 0 Å². The second-order valence-corrected chi connectivity index (χ2v) is 17.8. The molecule has 10 rings (SSSR count). The van der Waals surface area contributed by atoms with Crippen LogP contribution in [0.25, 0.3) is 33.4 Å². The van der Waals surface area contributed by atoms with Gasteiger partial charge in [0, 0.05) is 27.8 Å². The molecule has 53 heavy (non-hydrogen) atoms. The van der Waals surface area contributed by atoms with Crippen molar-refractivity contribution in [2.24, 2.45) is 11.8 Å². The van der Waals surface area contributed by atoms with Gasteiger partial charge in [0.1, 0.15) is 0 Å². The number of fused-ring (bicyclic) bond motifs is 11. The van der Waals surface area contributed by atoms with E-state index in [-0.39, 0.29) is 10.8 Å². The lowest BCUT2D eigenvalue weighted by atomic mass is 9.67. The van der Waals surface area contributed by atoms with Crippen molar-refractivity contribution in [2.45, 2.75) is 89.9 Å². The van der Waals surface area contributed by atoms with Gasteiger partial charge in [-0.15, -0.1) is 0 Å². The normalized spacial score (nSPS) is 21.3. The van der Waals surface area contributed by atoms with Crippen molar-refractivity contribution >= 4 is 17.1 Å². The van der Waals surface area contributed by atoms with E-state index < -0.39 is 0 Å². The Kier molecular flexibility index (Phi) is 7.30. The van der Waals surface area contributed by atoms with Gasteiger partial charge in [0.2, 0.25) is 0 Å². The van der Waals surface area contributed by atoms with E-state index in [0.29, 0.717) is 11.8 Å². The number of anilines is 3. The maximum atomic E-state index is 2.62. The average molecular weight is 690 g/mol. The first-order valence-electron chi connectivity index (χ1n) is 20.2. The van der Waals surface area contributed by atoms with E-state index in [1.807, 2.05) is 0 Å². The fraction of sp³-hybridized carbons (Fsp3) is 0.308. The van der Waals surface area contributed by atoms with Crippen LogP contribution in [0.1, 0.15) is 112 Å². The summed E-state index contributed by atoms with van der Waals surface area (Å²) in [6.45, 7) is 14.0. The fourth-order valence-corrected chi connectivity index (χ4v) is 11.2. The zero-order valence-electron chi connectivity index (χ0n) is 32.2. The summed E-state index contributed by atoms with van der Waals surface area (Å²) in [6.07, 6.45) is 5.40. The minimum atomic E-state index is -0.0860. The van der Waals surface area contributed by atoms with Crippen molar-refractivity contribution in [3.8, 4) is 33.4 Å². The summed E-state index contributed by atoms with van der Waals surface area (Å²) in [4.78, 5) is 2.60. The van der Waals surface area contributed by atoms with Crippen LogP contribution in [0.2, 0.25) is 0 Å². The van der Waals surface area contributed by atoms with Gasteiger partial charge in [-0.05, 0) is 141 Å². The quantitative estimate of drug-likeness (QED) is 0.168. The highest BCUT2D eigenvalue weighted by atomic mass is 15.1. The summed E-state index contributed by atoms with van der Waals surface area (Å²) in [6, 6.07) is 49.7. The molecule has 3 unspecified atom stereocenters. The van der Waals surface area contributed by atoms with Crippen molar-refractivity contribution in [3.05, 3.63) is 161 Å². The topological polar surface area (TPSA) is 3.24 Å². The Morgan fingerprint density at radius 1 is 0.528 bits per heavy atom. The molecule has 1 spiro atoms. The minimum Gasteiger partial charge on any atom is -0.310 e. The summed E-state index contributed by atoms with van der Waals surface area (Å²) in [5.74, 6) is 2.48. The minimum absolute atomic E-state index is 0.0860. The van der Waals surface area contributed by atoms with Crippen LogP contribution in [-0.2, 0) is 10.8 Å². The summed E-state index contributed by atoms with van der Waals surface area (Å²) < 4.78 is 0. The molecule has 4 aliphatic carbocycles. The third-order valence-electron chi connectivity index (χ3n) is 13.9. The van der Waals surface area contributed by atoms with Crippen LogP contribution < -0.4 is 4.90 Å². The molecule has 0 aromatic heterocycles. The molecule has 6 aromatic rings. The Labute approximate surface area is 316 Å². The van der Waals surface area contributed by atoms with Gasteiger partial charge in [0.15, 0.2) is 0 Å². The van der Waals surface area contributed by atoms with Gasteiger partial charge in [0.25, 0.3) is 0 Å². The highest BCUT2D eigenvalue weighted by Crippen LogP contribution is 2.66. The monoisotopic (exact) mass is 689 g/mol. The Balaban J connectivity index is 1.21. The largest absolute Gasteiger partial charge is 0.310 e. The SMILES string of the molecule is CC(C)c1ccc(-c2cc(C(C)C)ccc2N(c2ccc3c(c2)C(C)(C)c2ccccc2-3)c2ccc3c(c2)C2(CC4CCC2C4)c2ccccc2-3)cc1. The van der Waals surface area contributed by atoms with Gasteiger partial charge in [0.05, 0.1) is 5.69 Å². The Morgan fingerprint density at radius 2 is 1.11 bits per heavy atom. The maximum absolute atomic E-state index is 2.62. The van der Waals surface area contributed by atoms with Crippen molar-refractivity contribution < 1.29 is 0 Å². The molecule has 0 N–H and O–H groups in total. The van der Waals surface area contributed by atoms with Gasteiger partial charge in [-0.1, -0.05) is 139 Å². The van der Waals surface area contributed by atoms with E-state index in [0.717, 1.165) is 11.8 Å². The first kappa shape index (κ1) is 32.7. The molecule has 4 aliphatic rings. The molecule has 1 heteroatoms. The van der Waals surface area contributed by atoms with Crippen molar-refractivity contribution in [1.29, 1.82) is 0 Å². The molecular formula is C52H51N. The van der Waals surface area contributed by atoms with Crippen molar-refractivity contribution in [1.82, 2.24) is 0 Å². The predicted octanol–water partition coefficient (Wildman–Crippen LogP) is 14.5. The summed E-state index contributed by atoms with van der Waals surface area (Å²) in [5.41, 5.74) is 20.6. The van der Waals surface area contributed by atoms with Crippen LogP contribution in [0.5, 0.6) is 0 Å². The molecule has 2 bridgehead atoms. The number of hydrogen-bond acceptors (Lipinski definition) is 1. The van der Waals surface area contributed by atoms with Crippen LogP contribution in [0.3, 0.4) is 0 Å². The van der Waals surface area contributed by atoms with Crippen LogP contribution >= 0.6 is 0 Å². The van der Waals surface area contributed by atoms with Crippen LogP contribution in [0.4, 0.5) is 17.1 Å². The van der Waals surface area contributed by atoms with Crippen LogP contribution in [-0.4, -0.2) is 0 Å². The first-order valence-corrected chi connectivity index (χ1v) is 20.2. The van der Waals surface area contributed by atoms with Gasteiger partial charge in [-0.25, -0.2) is 0 Å². The molecule has 0 amide bonds. The molecular weight excluding hydrogens is 639 g/mol. The van der Waals surface area contributed by atoms with Crippen LogP contribution in [0, 0.1) is 11.8 Å². The number of hydrogen-bond donors (Lipinski definition) is 0. The second kappa shape index (κ2) is 11.8. The molecule has 1 nitrogen and oxygen atoms in total. The van der Waals surface area contributed by atoms with Gasteiger partial charge < -0.3 is 4.90 Å². The Bertz CT molecular complexity index is 2410. The standard InChI is InChI=1S/C52H51N/c1-32(2)35-16-18-36(19-17-35)45-28-37(33(3)4)20-26-50(45)53(39-22-24-43-41-11-7-9-13-46(41)51(5,6)48(43)29-39)40-23-25-44-42-12-8-10-14-47(42)52(49(44)30-40)31-34-15-21-38(52)27-34/h7-14,16-20,22-26,28-30,32-34,38H,15,21,27,31H2,1-6H3. The molecule has 6 aromatic carbocycles. The maximum Gasteiger partial charge on any atom is 0.0540 e. The predicted molar refractivity (Wildman–Crippen MR) is 224 cm³/mol. The Hall–Kier alpha value is -4.88. The third-order valence-corrected chi connectivity index (χ3v) is 13.9. The van der Waals surface area contributed by atoms with Crippen molar-refractivity contribution in [3.63, 3.8) is 0 Å². The summed E-state index contributed by atoms with van der Waals surface area (Å²) in [7, 11) is 0. The molecule has 0 saturated heterocycles. The smallest absolute Gasteiger partial charge is 0.0540 e. The average Bonchev–Trinajstić information content (AvgIpc) is 3.92. The molecule has 0 radical (unpaired) electrons. The summed E-state index contributed by atoms with van der Waals surface area (Å²) >= 11 is 0. The molecule has 2 saturated carbocycles. The van der Waals surface area contributed by atoms with E-state index in [2.05, 4.69) is 174 Å². The molecule has 0 heterocycles. The lowest BCUT2D eigenvalue weighted by Crippen LogP contribution is -2.32. The molecule has 0 aliphatic heterocycles. The van der Waals surface area contributed by atoms with E-state index >= 15 is 0 Å².